The second-order valence-corrected chi connectivity index (χ2v) is 6.12. The van der Waals surface area contributed by atoms with Crippen LogP contribution < -0.4 is 0 Å². The van der Waals surface area contributed by atoms with Gasteiger partial charge in [0.25, 0.3) is 5.91 Å². The van der Waals surface area contributed by atoms with E-state index in [1.807, 2.05) is 12.2 Å². The standard InChI is InChI=1S/C16H18N2O6/c19-12-6-3-7-17(12)13(20)9-24-14(21)8-18-15(22)10-4-1-2-5-11(10)16(18)23/h1-2,10-11H,3-9H2/t10-,11+. The van der Waals surface area contributed by atoms with Crippen molar-refractivity contribution in [3.05, 3.63) is 12.2 Å². The number of amides is 4. The topological polar surface area (TPSA) is 101 Å². The number of carbonyl (C=O) groups excluding carboxylic acids is 5. The highest BCUT2D eigenvalue weighted by Gasteiger charge is 2.47. The fourth-order valence-electron chi connectivity index (χ4n) is 3.33. The summed E-state index contributed by atoms with van der Waals surface area (Å²) in [5, 5.41) is 0. The molecular formula is C16H18N2O6. The summed E-state index contributed by atoms with van der Waals surface area (Å²) in [6, 6.07) is 0. The van der Waals surface area contributed by atoms with Gasteiger partial charge in [-0.25, -0.2) is 0 Å². The van der Waals surface area contributed by atoms with Crippen LogP contribution in [0.3, 0.4) is 0 Å². The lowest BCUT2D eigenvalue weighted by atomic mass is 9.85. The fourth-order valence-corrected chi connectivity index (χ4v) is 3.33. The molecule has 3 rings (SSSR count). The highest BCUT2D eigenvalue weighted by Crippen LogP contribution is 2.34. The van der Waals surface area contributed by atoms with Crippen molar-refractivity contribution in [3.8, 4) is 0 Å². The van der Waals surface area contributed by atoms with E-state index in [2.05, 4.69) is 0 Å². The molecule has 0 N–H and O–H groups in total. The van der Waals surface area contributed by atoms with Gasteiger partial charge in [-0.2, -0.15) is 0 Å². The fraction of sp³-hybridized carbons (Fsp3) is 0.562. The Hall–Kier alpha value is -2.51. The van der Waals surface area contributed by atoms with Crippen LogP contribution in [0.5, 0.6) is 0 Å². The summed E-state index contributed by atoms with van der Waals surface area (Å²) in [7, 11) is 0. The second-order valence-electron chi connectivity index (χ2n) is 6.12. The van der Waals surface area contributed by atoms with Gasteiger partial charge in [-0.3, -0.25) is 33.8 Å². The van der Waals surface area contributed by atoms with Crippen LogP contribution in [-0.4, -0.2) is 59.1 Å². The third-order valence-electron chi connectivity index (χ3n) is 4.62. The van der Waals surface area contributed by atoms with E-state index >= 15 is 0 Å². The molecule has 4 amide bonds. The molecule has 8 nitrogen and oxygen atoms in total. The number of allylic oxidation sites excluding steroid dienone is 2. The quantitative estimate of drug-likeness (QED) is 0.395. The van der Waals surface area contributed by atoms with Gasteiger partial charge in [0, 0.05) is 13.0 Å². The zero-order chi connectivity index (χ0) is 17.3. The summed E-state index contributed by atoms with van der Waals surface area (Å²) in [5.41, 5.74) is 0. The number of nitrogens with zero attached hydrogens (tertiary/aromatic N) is 2. The summed E-state index contributed by atoms with van der Waals surface area (Å²) in [5.74, 6) is -3.23. The average molecular weight is 334 g/mol. The maximum absolute atomic E-state index is 12.2. The van der Waals surface area contributed by atoms with Crippen molar-refractivity contribution in [2.75, 3.05) is 19.7 Å². The SMILES string of the molecule is O=C(CN1C(=O)[C@H]2CC=CC[C@H]2C1=O)OCC(=O)N1CCCC1=O. The minimum Gasteiger partial charge on any atom is -0.454 e. The van der Waals surface area contributed by atoms with Crippen LogP contribution in [0.4, 0.5) is 0 Å². The Morgan fingerprint density at radius 1 is 1.08 bits per heavy atom. The van der Waals surface area contributed by atoms with Gasteiger partial charge >= 0.3 is 5.97 Å². The molecule has 0 bridgehead atoms. The van der Waals surface area contributed by atoms with Crippen LogP contribution in [0, 0.1) is 11.8 Å². The first-order chi connectivity index (χ1) is 11.5. The van der Waals surface area contributed by atoms with Crippen LogP contribution in [-0.2, 0) is 28.7 Å². The molecule has 2 fully saturated rings. The first-order valence-electron chi connectivity index (χ1n) is 7.98. The van der Waals surface area contributed by atoms with E-state index in [4.69, 9.17) is 4.74 Å². The average Bonchev–Trinajstić information content (AvgIpc) is 3.11. The molecule has 0 aromatic heterocycles. The molecule has 0 aromatic rings. The highest BCUT2D eigenvalue weighted by atomic mass is 16.5. The van der Waals surface area contributed by atoms with Gasteiger partial charge in [-0.1, -0.05) is 12.2 Å². The van der Waals surface area contributed by atoms with E-state index in [9.17, 15) is 24.0 Å². The number of likely N-dealkylation sites (tertiary alicyclic amines) is 2. The van der Waals surface area contributed by atoms with Gasteiger partial charge in [0.05, 0.1) is 11.8 Å². The lowest BCUT2D eigenvalue weighted by Gasteiger charge is -2.16. The zero-order valence-corrected chi connectivity index (χ0v) is 13.1. The van der Waals surface area contributed by atoms with Crippen molar-refractivity contribution in [1.29, 1.82) is 0 Å². The molecule has 8 heteroatoms. The number of hydrogen-bond acceptors (Lipinski definition) is 6. The van der Waals surface area contributed by atoms with Gasteiger partial charge in [0.15, 0.2) is 6.61 Å². The maximum atomic E-state index is 12.2. The molecule has 0 aromatic carbocycles. The van der Waals surface area contributed by atoms with Crippen LogP contribution in [0.1, 0.15) is 25.7 Å². The Morgan fingerprint density at radius 3 is 2.25 bits per heavy atom. The smallest absolute Gasteiger partial charge is 0.326 e. The van der Waals surface area contributed by atoms with Crippen LogP contribution in [0.15, 0.2) is 12.2 Å². The lowest BCUT2D eigenvalue weighted by molar-refractivity contribution is -0.157. The Bertz CT molecular complexity index is 614. The molecule has 2 heterocycles. The summed E-state index contributed by atoms with van der Waals surface area (Å²) in [6.07, 6.45) is 5.63. The van der Waals surface area contributed by atoms with E-state index in [0.29, 0.717) is 32.2 Å². The number of esters is 1. The third-order valence-corrected chi connectivity index (χ3v) is 4.62. The maximum Gasteiger partial charge on any atom is 0.326 e. The van der Waals surface area contributed by atoms with E-state index in [-0.39, 0.29) is 17.7 Å². The number of hydrogen-bond donors (Lipinski definition) is 0. The minimum atomic E-state index is -0.830. The molecule has 0 saturated carbocycles. The Labute approximate surface area is 138 Å². The van der Waals surface area contributed by atoms with E-state index in [1.165, 1.54) is 0 Å². The molecule has 0 unspecified atom stereocenters. The zero-order valence-electron chi connectivity index (χ0n) is 13.1. The highest BCUT2D eigenvalue weighted by molar-refractivity contribution is 6.07. The minimum absolute atomic E-state index is 0.280. The van der Waals surface area contributed by atoms with Crippen molar-refractivity contribution in [2.45, 2.75) is 25.7 Å². The van der Waals surface area contributed by atoms with Gasteiger partial charge in [0.1, 0.15) is 6.54 Å². The molecule has 2 aliphatic heterocycles. The number of imide groups is 2. The number of ether oxygens (including phenoxy) is 1. The molecule has 3 aliphatic rings. The van der Waals surface area contributed by atoms with Crippen LogP contribution in [0.25, 0.3) is 0 Å². The molecule has 128 valence electrons. The monoisotopic (exact) mass is 334 g/mol. The summed E-state index contributed by atoms with van der Waals surface area (Å²) in [6.45, 7) is -0.726. The predicted octanol–water partition coefficient (Wildman–Crippen LogP) is -0.370. The second kappa shape index (κ2) is 6.54. The number of rotatable bonds is 4. The van der Waals surface area contributed by atoms with E-state index in [1.54, 1.807) is 0 Å². The van der Waals surface area contributed by atoms with Gasteiger partial charge in [-0.05, 0) is 19.3 Å². The van der Waals surface area contributed by atoms with Crippen LogP contribution >= 0.6 is 0 Å². The van der Waals surface area contributed by atoms with Crippen molar-refractivity contribution >= 4 is 29.6 Å². The van der Waals surface area contributed by atoms with E-state index in [0.717, 1.165) is 9.80 Å². The third kappa shape index (κ3) is 2.95. The number of fused-ring (bicyclic) bond motifs is 1. The molecule has 24 heavy (non-hydrogen) atoms. The summed E-state index contributed by atoms with van der Waals surface area (Å²) < 4.78 is 4.83. The molecule has 0 spiro atoms. The molecule has 0 radical (unpaired) electrons. The van der Waals surface area contributed by atoms with Crippen molar-refractivity contribution in [2.24, 2.45) is 11.8 Å². The summed E-state index contributed by atoms with van der Waals surface area (Å²) in [4.78, 5) is 61.5. The van der Waals surface area contributed by atoms with Gasteiger partial charge < -0.3 is 4.74 Å². The molecule has 2 atom stereocenters. The largest absolute Gasteiger partial charge is 0.454 e. The summed E-state index contributed by atoms with van der Waals surface area (Å²) >= 11 is 0. The Kier molecular flexibility index (Phi) is 4.46. The van der Waals surface area contributed by atoms with E-state index < -0.39 is 36.9 Å². The molecular weight excluding hydrogens is 316 g/mol. The number of carbonyl (C=O) groups is 5. The first-order valence-corrected chi connectivity index (χ1v) is 7.98. The van der Waals surface area contributed by atoms with Crippen molar-refractivity contribution in [1.82, 2.24) is 9.80 Å². The predicted molar refractivity (Wildman–Crippen MR) is 79.0 cm³/mol. The van der Waals surface area contributed by atoms with Gasteiger partial charge in [-0.15, -0.1) is 0 Å². The van der Waals surface area contributed by atoms with Gasteiger partial charge in [0.2, 0.25) is 17.7 Å². The van der Waals surface area contributed by atoms with Crippen molar-refractivity contribution < 1.29 is 28.7 Å². The molecule has 2 saturated heterocycles. The van der Waals surface area contributed by atoms with Crippen LogP contribution in [0.2, 0.25) is 0 Å². The first kappa shape index (κ1) is 16.4. The van der Waals surface area contributed by atoms with Crippen molar-refractivity contribution in [3.63, 3.8) is 0 Å². The Balaban J connectivity index is 1.52. The lowest BCUT2D eigenvalue weighted by Crippen LogP contribution is -2.39. The normalized spacial score (nSPS) is 26.1. The molecule has 1 aliphatic carbocycles. The Morgan fingerprint density at radius 2 is 1.71 bits per heavy atom.